The second-order valence-electron chi connectivity index (χ2n) is 6.26. The first-order chi connectivity index (χ1) is 8.64. The van der Waals surface area contributed by atoms with Crippen LogP contribution in [0.2, 0.25) is 0 Å². The molecular formula is C16H32O2. The molecule has 1 rings (SSSR count). The molecule has 1 heterocycles. The summed E-state index contributed by atoms with van der Waals surface area (Å²) in [7, 11) is 0. The van der Waals surface area contributed by atoms with Crippen LogP contribution in [-0.4, -0.2) is 23.9 Å². The van der Waals surface area contributed by atoms with Crippen molar-refractivity contribution < 1.29 is 9.84 Å². The first-order valence-electron chi connectivity index (χ1n) is 7.94. The summed E-state index contributed by atoms with van der Waals surface area (Å²) in [5.74, 6) is 0.879. The maximum atomic E-state index is 10.3. The van der Waals surface area contributed by atoms with E-state index >= 15 is 0 Å². The predicted octanol–water partition coefficient (Wildman–Crippen LogP) is 4.30. The topological polar surface area (TPSA) is 29.5 Å². The van der Waals surface area contributed by atoms with Crippen LogP contribution in [0.25, 0.3) is 0 Å². The molecule has 2 heteroatoms. The van der Waals surface area contributed by atoms with E-state index < -0.39 is 5.60 Å². The van der Waals surface area contributed by atoms with Crippen LogP contribution in [0.3, 0.4) is 0 Å². The largest absolute Gasteiger partial charge is 0.390 e. The molecule has 0 radical (unpaired) electrons. The maximum absolute atomic E-state index is 10.3. The van der Waals surface area contributed by atoms with E-state index in [4.69, 9.17) is 4.74 Å². The minimum absolute atomic E-state index is 0.426. The lowest BCUT2D eigenvalue weighted by Crippen LogP contribution is -2.23. The molecule has 0 aromatic rings. The van der Waals surface area contributed by atoms with Gasteiger partial charge < -0.3 is 9.84 Å². The lowest BCUT2D eigenvalue weighted by molar-refractivity contribution is 0.0346. The molecule has 1 unspecified atom stereocenters. The molecule has 1 aliphatic heterocycles. The zero-order valence-corrected chi connectivity index (χ0v) is 12.4. The summed E-state index contributed by atoms with van der Waals surface area (Å²) in [6.07, 6.45) is 11.9. The molecule has 0 bridgehead atoms. The van der Waals surface area contributed by atoms with E-state index in [2.05, 4.69) is 6.92 Å². The van der Waals surface area contributed by atoms with Gasteiger partial charge in [0.05, 0.1) is 5.60 Å². The highest BCUT2D eigenvalue weighted by atomic mass is 16.5. The van der Waals surface area contributed by atoms with E-state index in [9.17, 15) is 5.11 Å². The summed E-state index contributed by atoms with van der Waals surface area (Å²) in [5, 5.41) is 10.3. The number of ether oxygens (including phenoxy) is 1. The fourth-order valence-electron chi connectivity index (χ4n) is 2.85. The molecule has 0 aromatic heterocycles. The summed E-state index contributed by atoms with van der Waals surface area (Å²) >= 11 is 0. The van der Waals surface area contributed by atoms with Crippen molar-refractivity contribution in [3.05, 3.63) is 0 Å². The van der Waals surface area contributed by atoms with Crippen LogP contribution in [0, 0.1) is 5.92 Å². The van der Waals surface area contributed by atoms with Crippen molar-refractivity contribution in [2.75, 3.05) is 13.2 Å². The second-order valence-corrected chi connectivity index (χ2v) is 6.26. The zero-order valence-electron chi connectivity index (χ0n) is 12.4. The predicted molar refractivity (Wildman–Crippen MR) is 76.8 cm³/mol. The molecule has 1 N–H and O–H groups in total. The van der Waals surface area contributed by atoms with Gasteiger partial charge >= 0.3 is 0 Å². The molecule has 1 fully saturated rings. The number of unbranched alkanes of at least 4 members (excludes halogenated alkanes) is 3. The summed E-state index contributed by atoms with van der Waals surface area (Å²) in [6.45, 7) is 6.14. The molecule has 0 spiro atoms. The van der Waals surface area contributed by atoms with E-state index in [-0.39, 0.29) is 0 Å². The van der Waals surface area contributed by atoms with Gasteiger partial charge in [-0.1, -0.05) is 45.4 Å². The number of hydrogen-bond acceptors (Lipinski definition) is 2. The molecule has 0 aromatic carbocycles. The molecule has 2 nitrogen and oxygen atoms in total. The Balaban J connectivity index is 2.01. The third-order valence-corrected chi connectivity index (χ3v) is 4.24. The molecule has 0 amide bonds. The van der Waals surface area contributed by atoms with Gasteiger partial charge in [-0.2, -0.15) is 0 Å². The lowest BCUT2D eigenvalue weighted by atomic mass is 9.89. The molecule has 1 aliphatic rings. The fraction of sp³-hybridized carbons (Fsp3) is 1.00. The molecule has 18 heavy (non-hydrogen) atoms. The van der Waals surface area contributed by atoms with Crippen LogP contribution >= 0.6 is 0 Å². The standard InChI is InChI=1S/C16H32O2/c1-3-4-6-11-16(2,17)12-7-5-8-15-9-13-18-14-10-15/h15,17H,3-14H2,1-2H3. The molecule has 108 valence electrons. The Morgan fingerprint density at radius 3 is 2.28 bits per heavy atom. The van der Waals surface area contributed by atoms with E-state index in [1.165, 1.54) is 51.4 Å². The van der Waals surface area contributed by atoms with Gasteiger partial charge in [0, 0.05) is 13.2 Å². The minimum Gasteiger partial charge on any atom is -0.390 e. The number of rotatable bonds is 9. The van der Waals surface area contributed by atoms with Gasteiger partial charge in [0.2, 0.25) is 0 Å². The average Bonchev–Trinajstić information content (AvgIpc) is 2.36. The molecule has 0 aliphatic carbocycles. The Morgan fingerprint density at radius 1 is 1.06 bits per heavy atom. The van der Waals surface area contributed by atoms with Gasteiger partial charge in [-0.25, -0.2) is 0 Å². The Bertz CT molecular complexity index is 195. The highest BCUT2D eigenvalue weighted by Crippen LogP contribution is 2.25. The summed E-state index contributed by atoms with van der Waals surface area (Å²) in [5.41, 5.74) is -0.426. The highest BCUT2D eigenvalue weighted by Gasteiger charge is 2.19. The number of aliphatic hydroxyl groups is 1. The minimum atomic E-state index is -0.426. The fourth-order valence-corrected chi connectivity index (χ4v) is 2.85. The normalized spacial score (nSPS) is 20.8. The molecular weight excluding hydrogens is 224 g/mol. The quantitative estimate of drug-likeness (QED) is 0.623. The maximum Gasteiger partial charge on any atom is 0.0619 e. The van der Waals surface area contributed by atoms with Crippen molar-refractivity contribution in [3.63, 3.8) is 0 Å². The molecule has 1 atom stereocenters. The van der Waals surface area contributed by atoms with Crippen molar-refractivity contribution in [2.45, 2.75) is 83.7 Å². The summed E-state index contributed by atoms with van der Waals surface area (Å²) in [4.78, 5) is 0. The molecule has 0 saturated carbocycles. The Kier molecular flexibility index (Phi) is 7.92. The van der Waals surface area contributed by atoms with Crippen LogP contribution < -0.4 is 0 Å². The van der Waals surface area contributed by atoms with Crippen LogP contribution in [0.4, 0.5) is 0 Å². The monoisotopic (exact) mass is 256 g/mol. The summed E-state index contributed by atoms with van der Waals surface area (Å²) < 4.78 is 5.38. The van der Waals surface area contributed by atoms with E-state index in [0.29, 0.717) is 0 Å². The van der Waals surface area contributed by atoms with Crippen molar-refractivity contribution in [2.24, 2.45) is 5.92 Å². The van der Waals surface area contributed by atoms with Crippen molar-refractivity contribution >= 4 is 0 Å². The SMILES string of the molecule is CCCCCC(C)(O)CCCCC1CCOCC1. The zero-order chi connectivity index (χ0) is 13.3. The van der Waals surface area contributed by atoms with E-state index in [0.717, 1.165) is 32.0 Å². The first-order valence-corrected chi connectivity index (χ1v) is 7.94. The number of hydrogen-bond donors (Lipinski definition) is 1. The highest BCUT2D eigenvalue weighted by molar-refractivity contribution is 4.73. The Labute approximate surface area is 113 Å². The van der Waals surface area contributed by atoms with Crippen LogP contribution in [0.15, 0.2) is 0 Å². The smallest absolute Gasteiger partial charge is 0.0619 e. The second kappa shape index (κ2) is 8.92. The Hall–Kier alpha value is -0.0800. The van der Waals surface area contributed by atoms with E-state index in [1.807, 2.05) is 6.92 Å². The van der Waals surface area contributed by atoms with Gasteiger partial charge in [0.25, 0.3) is 0 Å². The third kappa shape index (κ3) is 7.38. The van der Waals surface area contributed by atoms with Crippen LogP contribution in [-0.2, 0) is 4.74 Å². The van der Waals surface area contributed by atoms with Crippen molar-refractivity contribution in [1.82, 2.24) is 0 Å². The van der Waals surface area contributed by atoms with Gasteiger partial charge in [0.1, 0.15) is 0 Å². The Morgan fingerprint density at radius 2 is 1.67 bits per heavy atom. The average molecular weight is 256 g/mol. The summed E-state index contributed by atoms with van der Waals surface area (Å²) in [6, 6.07) is 0. The molecule has 1 saturated heterocycles. The van der Waals surface area contributed by atoms with E-state index in [1.54, 1.807) is 0 Å². The third-order valence-electron chi connectivity index (χ3n) is 4.24. The van der Waals surface area contributed by atoms with Crippen LogP contribution in [0.5, 0.6) is 0 Å². The first kappa shape index (κ1) is 16.0. The van der Waals surface area contributed by atoms with Crippen LogP contribution in [0.1, 0.15) is 78.1 Å². The lowest BCUT2D eigenvalue weighted by Gasteiger charge is -2.25. The van der Waals surface area contributed by atoms with Gasteiger partial charge in [-0.05, 0) is 38.5 Å². The van der Waals surface area contributed by atoms with Gasteiger partial charge in [0.15, 0.2) is 0 Å². The van der Waals surface area contributed by atoms with Gasteiger partial charge in [-0.15, -0.1) is 0 Å². The van der Waals surface area contributed by atoms with Gasteiger partial charge in [-0.3, -0.25) is 0 Å². The van der Waals surface area contributed by atoms with Crippen molar-refractivity contribution in [3.8, 4) is 0 Å². The van der Waals surface area contributed by atoms with Crippen molar-refractivity contribution in [1.29, 1.82) is 0 Å².